The molecule has 3 rings (SSSR count). The van der Waals surface area contributed by atoms with Crippen molar-refractivity contribution in [1.82, 2.24) is 15.6 Å². The van der Waals surface area contributed by atoms with Gasteiger partial charge in [0.15, 0.2) is 5.69 Å². The first-order chi connectivity index (χ1) is 12.4. The van der Waals surface area contributed by atoms with E-state index in [1.165, 1.54) is 6.07 Å². The number of hydrogen-bond donors (Lipinski definition) is 2. The van der Waals surface area contributed by atoms with Crippen molar-refractivity contribution in [3.63, 3.8) is 0 Å². The number of fused-ring (bicyclic) bond motifs is 1. The van der Waals surface area contributed by atoms with Gasteiger partial charge in [0.25, 0.3) is 11.5 Å². The highest BCUT2D eigenvalue weighted by molar-refractivity contribution is 6.37. The minimum Gasteiger partial charge on any atom is -0.267 e. The lowest BCUT2D eigenvalue weighted by Gasteiger charge is -2.07. The molecule has 0 spiro atoms. The summed E-state index contributed by atoms with van der Waals surface area (Å²) in [7, 11) is 0. The molecule has 1 aromatic heterocycles. The fourth-order valence-corrected chi connectivity index (χ4v) is 2.86. The minimum absolute atomic E-state index is 0.00475. The standard InChI is InChI=1S/C17H11Cl2FN4O2/c1-8(11-6-14(20)13(19)7-12(11)18)21-24-17(26)15-9-4-2-3-5-10(9)16(25)23-22-15/h2-7H,1H3,(H,23,25)(H,24,26)/b21-8-. The fourth-order valence-electron chi connectivity index (χ4n) is 2.34. The molecule has 26 heavy (non-hydrogen) atoms. The van der Waals surface area contributed by atoms with E-state index in [9.17, 15) is 14.0 Å². The number of rotatable bonds is 3. The average molecular weight is 393 g/mol. The van der Waals surface area contributed by atoms with Gasteiger partial charge in [-0.2, -0.15) is 10.2 Å². The normalized spacial score (nSPS) is 11.6. The van der Waals surface area contributed by atoms with E-state index in [1.54, 1.807) is 31.2 Å². The maximum absolute atomic E-state index is 13.6. The van der Waals surface area contributed by atoms with Crippen molar-refractivity contribution >= 4 is 45.6 Å². The van der Waals surface area contributed by atoms with Crippen LogP contribution in [0, 0.1) is 5.82 Å². The Morgan fingerprint density at radius 3 is 2.62 bits per heavy atom. The molecule has 0 fully saturated rings. The SMILES string of the molecule is C/C(=N/NC(=O)c1n[nH]c(=O)c2ccccc12)c1cc(F)c(Cl)cc1Cl. The molecule has 0 aliphatic heterocycles. The third-order valence-corrected chi connectivity index (χ3v) is 4.24. The van der Waals surface area contributed by atoms with Gasteiger partial charge < -0.3 is 0 Å². The highest BCUT2D eigenvalue weighted by Crippen LogP contribution is 2.24. The zero-order chi connectivity index (χ0) is 18.8. The number of H-pyrrole nitrogens is 1. The summed E-state index contributed by atoms with van der Waals surface area (Å²) < 4.78 is 13.6. The van der Waals surface area contributed by atoms with Gasteiger partial charge in [0, 0.05) is 10.9 Å². The van der Waals surface area contributed by atoms with Crippen LogP contribution in [-0.2, 0) is 0 Å². The van der Waals surface area contributed by atoms with Gasteiger partial charge in [0.2, 0.25) is 0 Å². The van der Waals surface area contributed by atoms with Crippen LogP contribution in [0.25, 0.3) is 10.8 Å². The van der Waals surface area contributed by atoms with Gasteiger partial charge in [-0.1, -0.05) is 41.4 Å². The minimum atomic E-state index is -0.653. The van der Waals surface area contributed by atoms with Crippen LogP contribution in [0.4, 0.5) is 4.39 Å². The molecule has 0 saturated heterocycles. The molecule has 3 aromatic rings. The third-order valence-electron chi connectivity index (χ3n) is 3.64. The zero-order valence-corrected chi connectivity index (χ0v) is 14.8. The summed E-state index contributed by atoms with van der Waals surface area (Å²) in [4.78, 5) is 24.1. The summed E-state index contributed by atoms with van der Waals surface area (Å²) in [6.45, 7) is 1.55. The molecule has 0 saturated carbocycles. The lowest BCUT2D eigenvalue weighted by molar-refractivity contribution is 0.0950. The maximum atomic E-state index is 13.6. The lowest BCUT2D eigenvalue weighted by Crippen LogP contribution is -2.23. The van der Waals surface area contributed by atoms with Gasteiger partial charge in [-0.3, -0.25) is 9.59 Å². The second-order valence-corrected chi connectivity index (χ2v) is 6.15. The molecule has 2 aromatic carbocycles. The van der Waals surface area contributed by atoms with Crippen LogP contribution in [0.3, 0.4) is 0 Å². The number of hydrogen-bond acceptors (Lipinski definition) is 4. The number of carbonyl (C=O) groups excluding carboxylic acids is 1. The summed E-state index contributed by atoms with van der Waals surface area (Å²) in [5, 5.41) is 10.8. The Morgan fingerprint density at radius 1 is 1.19 bits per heavy atom. The Balaban J connectivity index is 1.92. The topological polar surface area (TPSA) is 87.2 Å². The Morgan fingerprint density at radius 2 is 1.88 bits per heavy atom. The van der Waals surface area contributed by atoms with Crippen LogP contribution < -0.4 is 11.0 Å². The molecule has 0 bridgehead atoms. The van der Waals surface area contributed by atoms with Crippen molar-refractivity contribution in [3.05, 3.63) is 73.9 Å². The third kappa shape index (κ3) is 3.44. The molecule has 0 radical (unpaired) electrons. The van der Waals surface area contributed by atoms with Gasteiger partial charge in [-0.25, -0.2) is 14.9 Å². The first-order valence-electron chi connectivity index (χ1n) is 7.35. The zero-order valence-electron chi connectivity index (χ0n) is 13.3. The highest BCUT2D eigenvalue weighted by atomic mass is 35.5. The summed E-state index contributed by atoms with van der Waals surface area (Å²) in [5.41, 5.74) is 2.48. The molecule has 0 aliphatic rings. The molecule has 1 amide bonds. The van der Waals surface area contributed by atoms with Crippen molar-refractivity contribution in [2.75, 3.05) is 0 Å². The Kier molecular flexibility index (Phi) is 5.01. The van der Waals surface area contributed by atoms with Crippen LogP contribution >= 0.6 is 23.2 Å². The molecule has 0 atom stereocenters. The quantitative estimate of drug-likeness (QED) is 0.406. The van der Waals surface area contributed by atoms with E-state index in [2.05, 4.69) is 20.7 Å². The fraction of sp³-hybridized carbons (Fsp3) is 0.0588. The number of nitrogens with one attached hydrogen (secondary N) is 2. The molecule has 132 valence electrons. The second kappa shape index (κ2) is 7.23. The second-order valence-electron chi connectivity index (χ2n) is 5.33. The van der Waals surface area contributed by atoms with Crippen molar-refractivity contribution in [3.8, 4) is 0 Å². The maximum Gasteiger partial charge on any atom is 0.292 e. The van der Waals surface area contributed by atoms with Crippen LogP contribution in [-0.4, -0.2) is 21.8 Å². The average Bonchev–Trinajstić information content (AvgIpc) is 2.63. The van der Waals surface area contributed by atoms with E-state index in [0.717, 1.165) is 6.07 Å². The number of halogens is 3. The first kappa shape index (κ1) is 18.0. The van der Waals surface area contributed by atoms with Crippen LogP contribution in [0.5, 0.6) is 0 Å². The van der Waals surface area contributed by atoms with Crippen molar-refractivity contribution in [2.24, 2.45) is 5.10 Å². The molecule has 1 heterocycles. The number of aromatic nitrogens is 2. The van der Waals surface area contributed by atoms with E-state index in [0.29, 0.717) is 10.8 Å². The number of nitrogens with zero attached hydrogens (tertiary/aromatic N) is 2. The number of hydrazone groups is 1. The van der Waals surface area contributed by atoms with E-state index in [-0.39, 0.29) is 27.0 Å². The van der Waals surface area contributed by atoms with Gasteiger partial charge in [-0.15, -0.1) is 0 Å². The van der Waals surface area contributed by atoms with Gasteiger partial charge in [0.05, 0.1) is 21.1 Å². The summed E-state index contributed by atoms with van der Waals surface area (Å²) in [6.07, 6.45) is 0. The first-order valence-corrected chi connectivity index (χ1v) is 8.11. The number of aromatic amines is 1. The van der Waals surface area contributed by atoms with Gasteiger partial charge in [-0.05, 0) is 25.1 Å². The largest absolute Gasteiger partial charge is 0.292 e. The summed E-state index contributed by atoms with van der Waals surface area (Å²) in [5.74, 6) is -1.29. The lowest BCUT2D eigenvalue weighted by atomic mass is 10.1. The molecule has 6 nitrogen and oxygen atoms in total. The highest BCUT2D eigenvalue weighted by Gasteiger charge is 2.14. The molecule has 2 N–H and O–H groups in total. The van der Waals surface area contributed by atoms with E-state index in [1.807, 2.05) is 0 Å². The Labute approximate surface area is 156 Å². The summed E-state index contributed by atoms with van der Waals surface area (Å²) in [6, 6.07) is 8.93. The molecular formula is C17H11Cl2FN4O2. The number of carbonyl (C=O) groups is 1. The van der Waals surface area contributed by atoms with Crippen LogP contribution in [0.15, 0.2) is 46.3 Å². The number of benzene rings is 2. The van der Waals surface area contributed by atoms with Crippen LogP contribution in [0.2, 0.25) is 10.0 Å². The predicted molar refractivity (Wildman–Crippen MR) is 98.5 cm³/mol. The van der Waals surface area contributed by atoms with E-state index in [4.69, 9.17) is 23.2 Å². The smallest absolute Gasteiger partial charge is 0.267 e. The Hall–Kier alpha value is -2.77. The molecule has 0 unspecified atom stereocenters. The predicted octanol–water partition coefficient (Wildman–Crippen LogP) is 3.52. The molecule has 0 aliphatic carbocycles. The van der Waals surface area contributed by atoms with Gasteiger partial charge in [0.1, 0.15) is 5.82 Å². The van der Waals surface area contributed by atoms with Crippen molar-refractivity contribution in [2.45, 2.75) is 6.92 Å². The monoisotopic (exact) mass is 392 g/mol. The van der Waals surface area contributed by atoms with Gasteiger partial charge >= 0.3 is 0 Å². The van der Waals surface area contributed by atoms with E-state index < -0.39 is 17.3 Å². The summed E-state index contributed by atoms with van der Waals surface area (Å²) >= 11 is 11.7. The molecule has 9 heteroatoms. The number of amides is 1. The van der Waals surface area contributed by atoms with Crippen molar-refractivity contribution in [1.29, 1.82) is 0 Å². The van der Waals surface area contributed by atoms with Crippen LogP contribution in [0.1, 0.15) is 23.0 Å². The Bertz CT molecular complexity index is 1110. The molecular weight excluding hydrogens is 382 g/mol. The van der Waals surface area contributed by atoms with Crippen molar-refractivity contribution < 1.29 is 9.18 Å². The van der Waals surface area contributed by atoms with E-state index >= 15 is 0 Å².